The highest BCUT2D eigenvalue weighted by molar-refractivity contribution is 14.1. The van der Waals surface area contributed by atoms with Crippen LogP contribution in [0.5, 0.6) is 11.5 Å². The molecule has 11 heteroatoms. The van der Waals surface area contributed by atoms with Gasteiger partial charge in [0.1, 0.15) is 5.02 Å². The van der Waals surface area contributed by atoms with Crippen LogP contribution < -0.4 is 9.47 Å². The summed E-state index contributed by atoms with van der Waals surface area (Å²) in [5.41, 5.74) is 1.61. The van der Waals surface area contributed by atoms with E-state index in [1.807, 2.05) is 41.6 Å². The van der Waals surface area contributed by atoms with E-state index >= 15 is 0 Å². The second-order valence-corrected chi connectivity index (χ2v) is 9.07. The molecule has 36 heavy (non-hydrogen) atoms. The van der Waals surface area contributed by atoms with Crippen LogP contribution in [0.25, 0.3) is 6.08 Å². The minimum atomic E-state index is -0.730. The fourth-order valence-corrected chi connectivity index (χ4v) is 4.27. The number of methoxy groups -OCH3 is 1. The first kappa shape index (κ1) is 25.3. The lowest BCUT2D eigenvalue weighted by atomic mass is 10.1. The number of aliphatic imine (C=N–C) groups is 1. The predicted molar refractivity (Wildman–Crippen MR) is 141 cm³/mol. The van der Waals surface area contributed by atoms with Crippen molar-refractivity contribution >= 4 is 63.8 Å². The van der Waals surface area contributed by atoms with Crippen molar-refractivity contribution in [3.63, 3.8) is 0 Å². The molecule has 0 bridgehead atoms. The van der Waals surface area contributed by atoms with Gasteiger partial charge in [-0.05, 0) is 77.0 Å². The van der Waals surface area contributed by atoms with Gasteiger partial charge >= 0.3 is 11.9 Å². The molecule has 3 aromatic rings. The Morgan fingerprint density at radius 1 is 1.19 bits per heavy atom. The zero-order valence-corrected chi connectivity index (χ0v) is 21.7. The molecular weight excluding hydrogens is 603 g/mol. The van der Waals surface area contributed by atoms with E-state index in [1.165, 1.54) is 31.4 Å². The number of rotatable bonds is 6. The van der Waals surface area contributed by atoms with Gasteiger partial charge in [0.25, 0.3) is 5.69 Å². The van der Waals surface area contributed by atoms with E-state index in [2.05, 4.69) is 4.99 Å². The first-order valence-electron chi connectivity index (χ1n) is 10.3. The van der Waals surface area contributed by atoms with Crippen LogP contribution in [-0.2, 0) is 9.53 Å². The number of cyclic esters (lactones) is 1. The molecule has 1 heterocycles. The summed E-state index contributed by atoms with van der Waals surface area (Å²) in [6.07, 6.45) is 1.47. The second-order valence-electron chi connectivity index (χ2n) is 7.50. The Bertz CT molecular complexity index is 1480. The first-order chi connectivity index (χ1) is 17.2. The predicted octanol–water partition coefficient (Wildman–Crippen LogP) is 5.73. The SMILES string of the molecule is COc1cc(/C=C2\N=C(c3ccc(Cl)c([N+](=O)[O-])c3)OC2=O)cc(I)c1OC(=O)c1ccccc1C. The van der Waals surface area contributed by atoms with Gasteiger partial charge in [-0.2, -0.15) is 0 Å². The van der Waals surface area contributed by atoms with E-state index in [0.717, 1.165) is 5.56 Å². The number of benzene rings is 3. The van der Waals surface area contributed by atoms with Gasteiger partial charge in [0, 0.05) is 11.6 Å². The van der Waals surface area contributed by atoms with Crippen LogP contribution in [0, 0.1) is 20.6 Å². The smallest absolute Gasteiger partial charge is 0.363 e. The van der Waals surface area contributed by atoms with Gasteiger partial charge < -0.3 is 14.2 Å². The molecule has 0 amide bonds. The van der Waals surface area contributed by atoms with Crippen LogP contribution in [0.15, 0.2) is 65.3 Å². The molecule has 9 nitrogen and oxygen atoms in total. The number of carbonyl (C=O) groups excluding carboxylic acids is 2. The Morgan fingerprint density at radius 2 is 1.94 bits per heavy atom. The zero-order chi connectivity index (χ0) is 26.0. The summed E-state index contributed by atoms with van der Waals surface area (Å²) in [5.74, 6) is -0.830. The molecule has 1 aliphatic rings. The highest BCUT2D eigenvalue weighted by Crippen LogP contribution is 2.36. The average molecular weight is 619 g/mol. The number of carbonyl (C=O) groups is 2. The summed E-state index contributed by atoms with van der Waals surface area (Å²) in [6, 6.07) is 14.3. The topological polar surface area (TPSA) is 117 Å². The molecule has 4 rings (SSSR count). The number of halogens is 2. The van der Waals surface area contributed by atoms with Crippen LogP contribution in [0.3, 0.4) is 0 Å². The van der Waals surface area contributed by atoms with Crippen molar-refractivity contribution in [3.8, 4) is 11.5 Å². The van der Waals surface area contributed by atoms with Gasteiger partial charge in [-0.25, -0.2) is 14.6 Å². The number of nitro benzene ring substituents is 1. The number of nitrogens with zero attached hydrogens (tertiary/aromatic N) is 2. The van der Waals surface area contributed by atoms with Crippen molar-refractivity contribution < 1.29 is 28.7 Å². The molecule has 3 aromatic carbocycles. The third-order valence-electron chi connectivity index (χ3n) is 5.13. The first-order valence-corrected chi connectivity index (χ1v) is 11.8. The lowest BCUT2D eigenvalue weighted by molar-refractivity contribution is -0.384. The van der Waals surface area contributed by atoms with Gasteiger partial charge in [-0.15, -0.1) is 0 Å². The molecule has 0 fully saturated rings. The Kier molecular flexibility index (Phi) is 7.36. The van der Waals surface area contributed by atoms with Crippen LogP contribution in [0.2, 0.25) is 5.02 Å². The van der Waals surface area contributed by atoms with Crippen LogP contribution >= 0.6 is 34.2 Å². The van der Waals surface area contributed by atoms with Gasteiger partial charge in [0.2, 0.25) is 5.90 Å². The van der Waals surface area contributed by atoms with Gasteiger partial charge in [-0.1, -0.05) is 29.8 Å². The molecule has 1 aliphatic heterocycles. The molecule has 0 N–H and O–H groups in total. The highest BCUT2D eigenvalue weighted by Gasteiger charge is 2.27. The normalized spacial score (nSPS) is 13.8. The minimum absolute atomic E-state index is 0.0230. The Balaban J connectivity index is 1.65. The van der Waals surface area contributed by atoms with Crippen molar-refractivity contribution in [2.24, 2.45) is 4.99 Å². The van der Waals surface area contributed by atoms with E-state index in [4.69, 9.17) is 25.8 Å². The summed E-state index contributed by atoms with van der Waals surface area (Å²) < 4.78 is 16.8. The molecule has 0 aromatic heterocycles. The molecule has 0 aliphatic carbocycles. The maximum Gasteiger partial charge on any atom is 0.363 e. The number of aryl methyl sites for hydroxylation is 1. The van der Waals surface area contributed by atoms with Gasteiger partial charge in [0.15, 0.2) is 17.2 Å². The van der Waals surface area contributed by atoms with Crippen molar-refractivity contribution in [1.82, 2.24) is 0 Å². The number of nitro groups is 1. The Hall–Kier alpha value is -3.77. The van der Waals surface area contributed by atoms with E-state index in [1.54, 1.807) is 24.3 Å². The van der Waals surface area contributed by atoms with E-state index in [0.29, 0.717) is 14.7 Å². The summed E-state index contributed by atoms with van der Waals surface area (Å²) in [6.45, 7) is 1.81. The summed E-state index contributed by atoms with van der Waals surface area (Å²) in [7, 11) is 1.43. The van der Waals surface area contributed by atoms with E-state index < -0.39 is 16.9 Å². The Labute approximate surface area is 223 Å². The zero-order valence-electron chi connectivity index (χ0n) is 18.8. The van der Waals surface area contributed by atoms with Crippen molar-refractivity contribution in [2.75, 3.05) is 7.11 Å². The monoisotopic (exact) mass is 618 g/mol. The molecule has 0 saturated heterocycles. The number of ether oxygens (including phenoxy) is 3. The summed E-state index contributed by atoms with van der Waals surface area (Å²) in [5, 5.41) is 11.1. The highest BCUT2D eigenvalue weighted by atomic mass is 127. The quantitative estimate of drug-likeness (QED) is 0.0864. The van der Waals surface area contributed by atoms with E-state index in [-0.39, 0.29) is 39.4 Å². The third-order valence-corrected chi connectivity index (χ3v) is 6.25. The van der Waals surface area contributed by atoms with Crippen LogP contribution in [0.1, 0.15) is 27.0 Å². The maximum atomic E-state index is 12.7. The van der Waals surface area contributed by atoms with Crippen LogP contribution in [0.4, 0.5) is 5.69 Å². The summed E-state index contributed by atoms with van der Waals surface area (Å²) >= 11 is 7.85. The van der Waals surface area contributed by atoms with Gasteiger partial charge in [0.05, 0.1) is 21.2 Å². The average Bonchev–Trinajstić information content (AvgIpc) is 3.20. The maximum absolute atomic E-state index is 12.7. The molecule has 0 spiro atoms. The molecular formula is C25H16ClIN2O7. The van der Waals surface area contributed by atoms with Crippen LogP contribution in [-0.4, -0.2) is 29.9 Å². The number of esters is 2. The fraction of sp³-hybridized carbons (Fsp3) is 0.0800. The fourth-order valence-electron chi connectivity index (χ4n) is 3.35. The molecule has 0 unspecified atom stereocenters. The van der Waals surface area contributed by atoms with Gasteiger partial charge in [-0.3, -0.25) is 10.1 Å². The van der Waals surface area contributed by atoms with Crippen molar-refractivity contribution in [2.45, 2.75) is 6.92 Å². The standard InChI is InChI=1S/C25H16ClIN2O7/c1-13-5-3-4-6-16(13)24(30)35-22-18(27)9-14(11-21(22)34-2)10-19-25(31)36-23(28-19)15-7-8-17(26)20(12-15)29(32)33/h3-12H,1-2H3/b19-10-. The lowest BCUT2D eigenvalue weighted by Gasteiger charge is -2.13. The molecule has 182 valence electrons. The molecule has 0 atom stereocenters. The number of hydrogen-bond donors (Lipinski definition) is 0. The second kappa shape index (κ2) is 10.5. The Morgan fingerprint density at radius 3 is 2.64 bits per heavy atom. The largest absolute Gasteiger partial charge is 0.493 e. The summed E-state index contributed by atoms with van der Waals surface area (Å²) in [4.78, 5) is 39.8. The lowest BCUT2D eigenvalue weighted by Crippen LogP contribution is -2.11. The molecule has 0 radical (unpaired) electrons. The van der Waals surface area contributed by atoms with Crippen molar-refractivity contribution in [1.29, 1.82) is 0 Å². The minimum Gasteiger partial charge on any atom is -0.493 e. The van der Waals surface area contributed by atoms with E-state index in [9.17, 15) is 19.7 Å². The number of hydrogen-bond acceptors (Lipinski definition) is 8. The molecule has 0 saturated carbocycles. The third kappa shape index (κ3) is 5.24. The van der Waals surface area contributed by atoms with Crippen molar-refractivity contribution in [3.05, 3.63) is 101 Å².